The molecule has 9 nitrogen and oxygen atoms in total. The number of alkyl carbamates (subject to hydrolysis) is 1. The van der Waals surface area contributed by atoms with E-state index in [2.05, 4.69) is 5.32 Å². The van der Waals surface area contributed by atoms with Gasteiger partial charge in [0.15, 0.2) is 0 Å². The number of halogens is 1. The largest absolute Gasteiger partial charge is 0.467 e. The zero-order chi connectivity index (χ0) is 25.4. The molecule has 1 saturated heterocycles. The van der Waals surface area contributed by atoms with E-state index >= 15 is 0 Å². The van der Waals surface area contributed by atoms with Crippen LogP contribution in [0.2, 0.25) is 5.02 Å². The lowest BCUT2D eigenvalue weighted by molar-refractivity contribution is -0.143. The molecule has 1 heterocycles. The first-order valence-electron chi connectivity index (χ1n) is 10.4. The predicted molar refractivity (Wildman–Crippen MR) is 123 cm³/mol. The van der Waals surface area contributed by atoms with Gasteiger partial charge in [0.05, 0.1) is 19.1 Å². The summed E-state index contributed by atoms with van der Waals surface area (Å²) >= 11 is 6.41. The summed E-state index contributed by atoms with van der Waals surface area (Å²) in [6.45, 7) is 10.0. The summed E-state index contributed by atoms with van der Waals surface area (Å²) in [5.74, 6) is -1.16. The molecule has 11 heteroatoms. The molecule has 0 radical (unpaired) electrons. The molecule has 0 aromatic heterocycles. The van der Waals surface area contributed by atoms with E-state index in [4.69, 9.17) is 21.1 Å². The van der Waals surface area contributed by atoms with Crippen molar-refractivity contribution in [1.29, 1.82) is 0 Å². The number of sulfonamides is 1. The standard InChI is InChI=1S/C22H31ClN2O7S/c1-21(2,3)25-18(26)12-17(33(25,29)30)14-9-8-13(10-15(14)23)11-16(19(27)31-7)24-20(28)32-22(4,5)6/h8-10,16-17H,11-12H2,1-7H3,(H,24,28)/t16-,17-/m0/s1. The average Bonchev–Trinajstić information content (AvgIpc) is 2.87. The lowest BCUT2D eigenvalue weighted by atomic mass is 10.0. The number of rotatable bonds is 5. The van der Waals surface area contributed by atoms with E-state index < -0.39 is 50.4 Å². The molecule has 2 rings (SSSR count). The van der Waals surface area contributed by atoms with Gasteiger partial charge in [-0.05, 0) is 58.7 Å². The van der Waals surface area contributed by atoms with Gasteiger partial charge < -0.3 is 14.8 Å². The number of nitrogens with one attached hydrogen (secondary N) is 1. The molecule has 1 aromatic rings. The molecule has 1 aliphatic rings. The molecule has 0 unspecified atom stereocenters. The second-order valence-corrected chi connectivity index (χ2v) is 12.2. The quantitative estimate of drug-likeness (QED) is 0.613. The molecule has 1 fully saturated rings. The van der Waals surface area contributed by atoms with Crippen LogP contribution in [0.15, 0.2) is 18.2 Å². The molecule has 1 N–H and O–H groups in total. The third-order valence-corrected chi connectivity index (χ3v) is 7.57. The number of hydrogen-bond donors (Lipinski definition) is 1. The van der Waals surface area contributed by atoms with E-state index in [-0.39, 0.29) is 17.9 Å². The summed E-state index contributed by atoms with van der Waals surface area (Å²) in [5, 5.41) is 1.53. The second kappa shape index (κ2) is 9.50. The summed E-state index contributed by atoms with van der Waals surface area (Å²) in [5.41, 5.74) is -0.779. The number of methoxy groups -OCH3 is 1. The SMILES string of the molecule is COC(=O)[C@H](Cc1ccc([C@@H]2CC(=O)N(C(C)(C)C)S2(=O)=O)c(Cl)c1)NC(=O)OC(C)(C)C. The first-order chi connectivity index (χ1) is 15.0. The Hall–Kier alpha value is -2.33. The van der Waals surface area contributed by atoms with Gasteiger partial charge in [0.1, 0.15) is 16.9 Å². The van der Waals surface area contributed by atoms with E-state index in [1.54, 1.807) is 47.6 Å². The minimum atomic E-state index is -3.95. The van der Waals surface area contributed by atoms with Crippen molar-refractivity contribution in [2.45, 2.75) is 76.8 Å². The molecule has 0 aliphatic carbocycles. The van der Waals surface area contributed by atoms with E-state index in [1.807, 2.05) is 0 Å². The topological polar surface area (TPSA) is 119 Å². The minimum absolute atomic E-state index is 0.0381. The van der Waals surface area contributed by atoms with Gasteiger partial charge in [0.25, 0.3) is 0 Å². The van der Waals surface area contributed by atoms with Crippen LogP contribution in [-0.4, -0.2) is 55.0 Å². The van der Waals surface area contributed by atoms with Crippen molar-refractivity contribution in [2.24, 2.45) is 0 Å². The molecule has 0 spiro atoms. The van der Waals surface area contributed by atoms with Crippen molar-refractivity contribution >= 4 is 39.6 Å². The molecular weight excluding hydrogens is 472 g/mol. The maximum absolute atomic E-state index is 13.1. The van der Waals surface area contributed by atoms with Crippen LogP contribution in [0.1, 0.15) is 64.3 Å². The Kier molecular flexibility index (Phi) is 7.75. The molecule has 2 atom stereocenters. The molecule has 0 saturated carbocycles. The Balaban J connectivity index is 2.28. The van der Waals surface area contributed by atoms with Crippen LogP contribution in [-0.2, 0) is 35.5 Å². The first kappa shape index (κ1) is 26.9. The number of hydrogen-bond acceptors (Lipinski definition) is 7. The lowest BCUT2D eigenvalue weighted by Gasteiger charge is -2.30. The van der Waals surface area contributed by atoms with Crippen molar-refractivity contribution in [3.63, 3.8) is 0 Å². The van der Waals surface area contributed by atoms with Crippen molar-refractivity contribution in [2.75, 3.05) is 7.11 Å². The van der Waals surface area contributed by atoms with E-state index in [0.29, 0.717) is 11.1 Å². The normalized spacial score (nSPS) is 19.2. The van der Waals surface area contributed by atoms with Gasteiger partial charge >= 0.3 is 12.1 Å². The molecule has 2 amide bonds. The average molecular weight is 503 g/mol. The van der Waals surface area contributed by atoms with E-state index in [9.17, 15) is 22.8 Å². The van der Waals surface area contributed by atoms with Crippen molar-refractivity contribution in [1.82, 2.24) is 9.62 Å². The highest BCUT2D eigenvalue weighted by Crippen LogP contribution is 2.42. The van der Waals surface area contributed by atoms with Crippen molar-refractivity contribution in [3.05, 3.63) is 34.3 Å². The van der Waals surface area contributed by atoms with Crippen LogP contribution in [0.25, 0.3) is 0 Å². The minimum Gasteiger partial charge on any atom is -0.467 e. The highest BCUT2D eigenvalue weighted by Gasteiger charge is 2.50. The highest BCUT2D eigenvalue weighted by atomic mass is 35.5. The fourth-order valence-electron chi connectivity index (χ4n) is 3.62. The van der Waals surface area contributed by atoms with Gasteiger partial charge in [-0.25, -0.2) is 22.3 Å². The zero-order valence-corrected chi connectivity index (χ0v) is 21.5. The van der Waals surface area contributed by atoms with Crippen molar-refractivity contribution < 1.29 is 32.3 Å². The number of nitrogens with zero attached hydrogens (tertiary/aromatic N) is 1. The van der Waals surface area contributed by atoms with E-state index in [1.165, 1.54) is 19.2 Å². The van der Waals surface area contributed by atoms with E-state index in [0.717, 1.165) is 4.31 Å². The summed E-state index contributed by atoms with van der Waals surface area (Å²) in [6, 6.07) is 3.61. The van der Waals surface area contributed by atoms with Crippen LogP contribution >= 0.6 is 11.6 Å². The number of benzene rings is 1. The Labute approximate surface area is 199 Å². The van der Waals surface area contributed by atoms with Gasteiger partial charge in [-0.2, -0.15) is 0 Å². The lowest BCUT2D eigenvalue weighted by Crippen LogP contribution is -2.45. The predicted octanol–water partition coefficient (Wildman–Crippen LogP) is 3.35. The molecule has 184 valence electrons. The van der Waals surface area contributed by atoms with Gasteiger partial charge in [-0.1, -0.05) is 23.7 Å². The maximum atomic E-state index is 13.1. The third kappa shape index (κ3) is 6.38. The molecule has 1 aliphatic heterocycles. The Morgan fingerprint density at radius 2 is 1.82 bits per heavy atom. The molecular formula is C22H31ClN2O7S. The number of carbonyl (C=O) groups excluding carboxylic acids is 3. The van der Waals surface area contributed by atoms with Crippen LogP contribution in [0.3, 0.4) is 0 Å². The second-order valence-electron chi connectivity index (χ2n) is 9.85. The maximum Gasteiger partial charge on any atom is 0.408 e. The highest BCUT2D eigenvalue weighted by molar-refractivity contribution is 7.90. The summed E-state index contributed by atoms with van der Waals surface area (Å²) in [7, 11) is -2.75. The van der Waals surface area contributed by atoms with Gasteiger partial charge in [-0.3, -0.25) is 4.79 Å². The number of amides is 2. The van der Waals surface area contributed by atoms with Gasteiger partial charge in [-0.15, -0.1) is 0 Å². The number of ether oxygens (including phenoxy) is 2. The van der Waals surface area contributed by atoms with Crippen molar-refractivity contribution in [3.8, 4) is 0 Å². The molecule has 1 aromatic carbocycles. The first-order valence-corrected chi connectivity index (χ1v) is 12.3. The van der Waals surface area contributed by atoms with Crippen LogP contribution in [0.5, 0.6) is 0 Å². The summed E-state index contributed by atoms with van der Waals surface area (Å²) < 4.78 is 37.0. The molecule has 33 heavy (non-hydrogen) atoms. The third-order valence-electron chi connectivity index (χ3n) is 4.84. The Bertz CT molecular complexity index is 1040. The summed E-state index contributed by atoms with van der Waals surface area (Å²) in [6.07, 6.45) is -0.946. The molecule has 0 bridgehead atoms. The van der Waals surface area contributed by atoms with Crippen LogP contribution in [0, 0.1) is 0 Å². The van der Waals surface area contributed by atoms with Gasteiger partial charge in [0.2, 0.25) is 15.9 Å². The van der Waals surface area contributed by atoms with Crippen LogP contribution in [0.4, 0.5) is 4.79 Å². The number of esters is 1. The van der Waals surface area contributed by atoms with Crippen LogP contribution < -0.4 is 5.32 Å². The smallest absolute Gasteiger partial charge is 0.408 e. The summed E-state index contributed by atoms with van der Waals surface area (Å²) in [4.78, 5) is 36.8. The van der Waals surface area contributed by atoms with Gasteiger partial charge in [0, 0.05) is 11.4 Å². The fourth-order valence-corrected chi connectivity index (χ4v) is 6.28. The zero-order valence-electron chi connectivity index (χ0n) is 19.9. The Morgan fingerprint density at radius 3 is 2.27 bits per heavy atom. The number of carbonyl (C=O) groups is 3. The fraction of sp³-hybridized carbons (Fsp3) is 0.591. The Morgan fingerprint density at radius 1 is 1.21 bits per heavy atom. The monoisotopic (exact) mass is 502 g/mol.